The third-order valence-corrected chi connectivity index (χ3v) is 5.21. The summed E-state index contributed by atoms with van der Waals surface area (Å²) in [5.41, 5.74) is 3.44. The number of hydrogen-bond acceptors (Lipinski definition) is 5. The van der Waals surface area contributed by atoms with Gasteiger partial charge in [-0.25, -0.2) is 19.0 Å². The van der Waals surface area contributed by atoms with Crippen LogP contribution in [0.5, 0.6) is 0 Å². The lowest BCUT2D eigenvalue weighted by Crippen LogP contribution is -2.23. The van der Waals surface area contributed by atoms with Crippen LogP contribution in [0.15, 0.2) is 54.0 Å². The normalized spacial score (nSPS) is 10.9. The zero-order valence-electron chi connectivity index (χ0n) is 15.9. The largest absolute Gasteiger partial charge is 0.347 e. The van der Waals surface area contributed by atoms with Gasteiger partial charge in [-0.2, -0.15) is 5.10 Å². The zero-order chi connectivity index (χ0) is 20.4. The number of carbonyl (C=O) groups is 1. The fourth-order valence-electron chi connectivity index (χ4n) is 2.92. The molecule has 0 fully saturated rings. The lowest BCUT2D eigenvalue weighted by Gasteiger charge is -2.06. The monoisotopic (exact) mass is 407 g/mol. The molecular formula is C21H18FN5OS. The molecule has 8 heteroatoms. The van der Waals surface area contributed by atoms with Crippen LogP contribution in [0, 0.1) is 19.7 Å². The number of halogens is 1. The van der Waals surface area contributed by atoms with Crippen LogP contribution in [0.4, 0.5) is 4.39 Å². The van der Waals surface area contributed by atoms with Gasteiger partial charge in [0, 0.05) is 29.4 Å². The van der Waals surface area contributed by atoms with Gasteiger partial charge in [0.25, 0.3) is 5.91 Å². The number of nitrogens with one attached hydrogen (secondary N) is 1. The van der Waals surface area contributed by atoms with Gasteiger partial charge in [-0.15, -0.1) is 11.3 Å². The lowest BCUT2D eigenvalue weighted by atomic mass is 10.2. The summed E-state index contributed by atoms with van der Waals surface area (Å²) < 4.78 is 15.7. The molecule has 0 aliphatic heterocycles. The Morgan fingerprint density at radius 2 is 2.03 bits per heavy atom. The standard InChI is InChI=1S/C21H18FN5OS/c1-13-9-14(2)27(26-13)19-8-7-15(10-23-19)11-24-20(28)18-12-29-21(25-18)16-5-3-4-6-17(16)22/h3-10,12H,11H2,1-2H3,(H,24,28). The molecule has 3 aromatic heterocycles. The van der Waals surface area contributed by atoms with E-state index in [0.717, 1.165) is 22.8 Å². The minimum atomic E-state index is -0.359. The van der Waals surface area contributed by atoms with Crippen LogP contribution in [0.1, 0.15) is 27.4 Å². The highest BCUT2D eigenvalue weighted by Crippen LogP contribution is 2.26. The molecule has 0 spiro atoms. The van der Waals surface area contributed by atoms with Crippen LogP contribution in [0.2, 0.25) is 0 Å². The van der Waals surface area contributed by atoms with Gasteiger partial charge in [0.2, 0.25) is 0 Å². The van der Waals surface area contributed by atoms with Crippen LogP contribution in [0.3, 0.4) is 0 Å². The number of hydrogen-bond donors (Lipinski definition) is 1. The first kappa shape index (κ1) is 18.9. The summed E-state index contributed by atoms with van der Waals surface area (Å²) in [4.78, 5) is 21.1. The van der Waals surface area contributed by atoms with Crippen LogP contribution in [-0.4, -0.2) is 25.7 Å². The molecule has 3 heterocycles. The van der Waals surface area contributed by atoms with Crippen LogP contribution >= 0.6 is 11.3 Å². The number of aryl methyl sites for hydroxylation is 2. The predicted molar refractivity (Wildman–Crippen MR) is 110 cm³/mol. The number of rotatable bonds is 5. The molecule has 0 atom stereocenters. The molecule has 4 rings (SSSR count). The van der Waals surface area contributed by atoms with E-state index in [0.29, 0.717) is 17.1 Å². The Hall–Kier alpha value is -3.39. The lowest BCUT2D eigenvalue weighted by molar-refractivity contribution is 0.0946. The molecule has 0 aliphatic rings. The summed E-state index contributed by atoms with van der Waals surface area (Å²) in [5, 5.41) is 9.33. The van der Waals surface area contributed by atoms with Crippen molar-refractivity contribution in [2.24, 2.45) is 0 Å². The Bertz CT molecular complexity index is 1170. The molecule has 0 bridgehead atoms. The summed E-state index contributed by atoms with van der Waals surface area (Å²) in [6, 6.07) is 12.1. The van der Waals surface area contributed by atoms with Gasteiger partial charge in [-0.05, 0) is 43.7 Å². The smallest absolute Gasteiger partial charge is 0.271 e. The second kappa shape index (κ2) is 7.92. The van der Waals surface area contributed by atoms with E-state index in [1.807, 2.05) is 32.0 Å². The molecule has 1 N–H and O–H groups in total. The van der Waals surface area contributed by atoms with Crippen molar-refractivity contribution in [1.29, 1.82) is 0 Å². The molecule has 0 radical (unpaired) electrons. The first-order valence-corrected chi connectivity index (χ1v) is 9.86. The molecule has 1 amide bonds. The average Bonchev–Trinajstić information content (AvgIpc) is 3.33. The molecule has 0 aliphatic carbocycles. The quantitative estimate of drug-likeness (QED) is 0.541. The van der Waals surface area contributed by atoms with Crippen LogP contribution in [0.25, 0.3) is 16.4 Å². The van der Waals surface area contributed by atoms with Crippen LogP contribution < -0.4 is 5.32 Å². The minimum Gasteiger partial charge on any atom is -0.347 e. The topological polar surface area (TPSA) is 72.7 Å². The molecule has 0 saturated heterocycles. The number of amides is 1. The molecular weight excluding hydrogens is 389 g/mol. The fraction of sp³-hybridized carbons (Fsp3) is 0.143. The Labute approximate surface area is 171 Å². The summed E-state index contributed by atoms with van der Waals surface area (Å²) in [6.07, 6.45) is 1.71. The Kier molecular flexibility index (Phi) is 5.18. The highest BCUT2D eigenvalue weighted by Gasteiger charge is 2.14. The van der Waals surface area contributed by atoms with Gasteiger partial charge in [0.15, 0.2) is 5.82 Å². The summed E-state index contributed by atoms with van der Waals surface area (Å²) in [6.45, 7) is 4.22. The predicted octanol–water partition coefficient (Wildman–Crippen LogP) is 4.08. The first-order chi connectivity index (χ1) is 14.0. The van der Waals surface area contributed by atoms with Gasteiger partial charge < -0.3 is 5.32 Å². The van der Waals surface area contributed by atoms with Gasteiger partial charge >= 0.3 is 0 Å². The number of pyridine rings is 1. The third-order valence-electron chi connectivity index (χ3n) is 4.33. The number of benzene rings is 1. The van der Waals surface area contributed by atoms with Gasteiger partial charge in [0.05, 0.1) is 5.69 Å². The third kappa shape index (κ3) is 4.07. The minimum absolute atomic E-state index is 0.264. The second-order valence-electron chi connectivity index (χ2n) is 6.56. The van der Waals surface area contributed by atoms with Crippen molar-refractivity contribution in [3.63, 3.8) is 0 Å². The fourth-order valence-corrected chi connectivity index (χ4v) is 3.74. The first-order valence-electron chi connectivity index (χ1n) is 8.98. The summed E-state index contributed by atoms with van der Waals surface area (Å²) in [7, 11) is 0. The van der Waals surface area contributed by atoms with Gasteiger partial charge in [0.1, 0.15) is 16.5 Å². The van der Waals surface area contributed by atoms with Crippen molar-refractivity contribution in [2.45, 2.75) is 20.4 Å². The molecule has 1 aromatic carbocycles. The van der Waals surface area contributed by atoms with E-state index in [-0.39, 0.29) is 17.4 Å². The molecule has 6 nitrogen and oxygen atoms in total. The van der Waals surface area contributed by atoms with E-state index >= 15 is 0 Å². The van der Waals surface area contributed by atoms with E-state index in [1.165, 1.54) is 17.4 Å². The number of thiazole rings is 1. The zero-order valence-corrected chi connectivity index (χ0v) is 16.7. The average molecular weight is 407 g/mol. The maximum absolute atomic E-state index is 13.9. The Morgan fingerprint density at radius 1 is 1.21 bits per heavy atom. The summed E-state index contributed by atoms with van der Waals surface area (Å²) >= 11 is 1.24. The maximum atomic E-state index is 13.9. The van der Waals surface area contributed by atoms with E-state index in [4.69, 9.17) is 0 Å². The van der Waals surface area contributed by atoms with Gasteiger partial charge in [-0.3, -0.25) is 4.79 Å². The van der Waals surface area contributed by atoms with Crippen molar-refractivity contribution in [3.05, 3.63) is 82.5 Å². The van der Waals surface area contributed by atoms with Crippen molar-refractivity contribution in [3.8, 4) is 16.4 Å². The van der Waals surface area contributed by atoms with Crippen molar-refractivity contribution in [1.82, 2.24) is 25.1 Å². The van der Waals surface area contributed by atoms with Gasteiger partial charge in [-0.1, -0.05) is 18.2 Å². The van der Waals surface area contributed by atoms with E-state index < -0.39 is 0 Å². The number of aromatic nitrogens is 4. The van der Waals surface area contributed by atoms with Crippen molar-refractivity contribution >= 4 is 17.2 Å². The number of carbonyl (C=O) groups excluding carboxylic acids is 1. The van der Waals surface area contributed by atoms with Crippen molar-refractivity contribution in [2.75, 3.05) is 0 Å². The SMILES string of the molecule is Cc1cc(C)n(-c2ccc(CNC(=O)c3csc(-c4ccccc4F)n3)cn2)n1. The van der Waals surface area contributed by atoms with Crippen molar-refractivity contribution < 1.29 is 9.18 Å². The molecule has 0 unspecified atom stereocenters. The number of nitrogens with zero attached hydrogens (tertiary/aromatic N) is 4. The highest BCUT2D eigenvalue weighted by atomic mass is 32.1. The summed E-state index contributed by atoms with van der Waals surface area (Å²) in [5.74, 6) is 0.0498. The highest BCUT2D eigenvalue weighted by molar-refractivity contribution is 7.13. The Balaban J connectivity index is 1.41. The molecule has 0 saturated carbocycles. The van der Waals surface area contributed by atoms with E-state index in [9.17, 15) is 9.18 Å². The molecule has 4 aromatic rings. The second-order valence-corrected chi connectivity index (χ2v) is 7.42. The molecule has 146 valence electrons. The van der Waals surface area contributed by atoms with Crippen LogP contribution in [-0.2, 0) is 6.54 Å². The maximum Gasteiger partial charge on any atom is 0.271 e. The molecule has 29 heavy (non-hydrogen) atoms. The Morgan fingerprint density at radius 3 is 2.72 bits per heavy atom. The van der Waals surface area contributed by atoms with E-state index in [1.54, 1.807) is 34.5 Å². The van der Waals surface area contributed by atoms with E-state index in [2.05, 4.69) is 20.4 Å².